The van der Waals surface area contributed by atoms with Gasteiger partial charge in [-0.2, -0.15) is 0 Å². The van der Waals surface area contributed by atoms with Gasteiger partial charge in [-0.1, -0.05) is 0 Å². The summed E-state index contributed by atoms with van der Waals surface area (Å²) in [7, 11) is 0. The monoisotopic (exact) mass is 685 g/mol. The Hall–Kier alpha value is 3.19. The maximum atomic E-state index is 0. The predicted molar refractivity (Wildman–Crippen MR) is 5.75 cm³/mol. The summed E-state index contributed by atoms with van der Waals surface area (Å²) >= 11 is 0. The summed E-state index contributed by atoms with van der Waals surface area (Å²) in [6, 6.07) is 0. The van der Waals surface area contributed by atoms with Crippen LogP contribution in [0.15, 0.2) is 0 Å². The van der Waals surface area contributed by atoms with Crippen molar-refractivity contribution in [2.45, 2.75) is 0 Å². The molecule has 0 aromatic rings. The van der Waals surface area contributed by atoms with E-state index in [1.807, 2.05) is 0 Å². The summed E-state index contributed by atoms with van der Waals surface area (Å²) in [5.74, 6) is 0. The first-order valence-electron chi connectivity index (χ1n) is 0. The van der Waals surface area contributed by atoms with Gasteiger partial charge in [0.1, 0.15) is 0 Å². The number of hydrogen-bond acceptors (Lipinski definition) is 0. The van der Waals surface area contributed by atoms with Crippen molar-refractivity contribution in [1.29, 1.82) is 0 Å². The standard InChI is InChI=1S/B.Co.Cr.Pt.Re.Ta. The van der Waals surface area contributed by atoms with E-state index in [4.69, 9.17) is 0 Å². The van der Waals surface area contributed by atoms with Gasteiger partial charge in [0, 0.05) is 106 Å². The number of hydrogen-bond donors (Lipinski definition) is 0. The van der Waals surface area contributed by atoms with E-state index >= 15 is 0 Å². The van der Waals surface area contributed by atoms with E-state index in [1.54, 1.807) is 0 Å². The fraction of sp³-hybridized carbons (Fsp3) is 0. The second-order valence-electron chi connectivity index (χ2n) is 0. The summed E-state index contributed by atoms with van der Waals surface area (Å²) in [6.07, 6.45) is 0. The van der Waals surface area contributed by atoms with Crippen LogP contribution in [0, 0.1) is 0 Å². The summed E-state index contributed by atoms with van der Waals surface area (Å²) in [4.78, 5) is 0. The molecule has 0 aliphatic carbocycles. The SMILES string of the molecule is [B].[Co].[Cr].[Pt].[Re].[Ta]. The zero-order valence-corrected chi connectivity index (χ0v) is 13.0. The molecule has 0 unspecified atom stereocenters. The molecular weight excluding hydrogens is 684 g/mol. The van der Waals surface area contributed by atoms with Gasteiger partial charge in [0.2, 0.25) is 0 Å². The van der Waals surface area contributed by atoms with Gasteiger partial charge in [-0.25, -0.2) is 0 Å². The van der Waals surface area contributed by atoms with Crippen LogP contribution in [0.2, 0.25) is 0 Å². The van der Waals surface area contributed by atoms with Crippen molar-refractivity contribution in [1.82, 2.24) is 0 Å². The Balaban J connectivity index is 0. The van der Waals surface area contributed by atoms with Crippen molar-refractivity contribution in [3.8, 4) is 0 Å². The molecule has 40 valence electrons. The first-order chi connectivity index (χ1) is 0. The van der Waals surface area contributed by atoms with Gasteiger partial charge in [-0.05, 0) is 0 Å². The van der Waals surface area contributed by atoms with Crippen molar-refractivity contribution in [2.75, 3.05) is 0 Å². The fourth-order valence-electron chi connectivity index (χ4n) is 0. The molecule has 0 fully saturated rings. The van der Waals surface area contributed by atoms with Crippen LogP contribution in [0.5, 0.6) is 0 Å². The topological polar surface area (TPSA) is 0 Å². The van der Waals surface area contributed by atoms with Crippen molar-refractivity contribution >= 4 is 8.41 Å². The van der Waals surface area contributed by atoms with E-state index < -0.39 is 0 Å². The first-order valence-corrected chi connectivity index (χ1v) is 0. The fourth-order valence-corrected chi connectivity index (χ4v) is 0. The molecule has 0 amide bonds. The van der Waals surface area contributed by atoms with E-state index in [0.717, 1.165) is 0 Å². The van der Waals surface area contributed by atoms with Crippen molar-refractivity contribution in [3.05, 3.63) is 0 Å². The van der Waals surface area contributed by atoms with Crippen molar-refractivity contribution < 1.29 is 98.0 Å². The van der Waals surface area contributed by atoms with Crippen molar-refractivity contribution in [3.63, 3.8) is 0 Å². The molecule has 0 rings (SSSR count). The quantitative estimate of drug-likeness (QED) is 0.306. The molecule has 0 aromatic carbocycles. The maximum absolute atomic E-state index is 0. The van der Waals surface area contributed by atoms with E-state index in [-0.39, 0.29) is 106 Å². The van der Waals surface area contributed by atoms with Crippen LogP contribution in [-0.4, -0.2) is 8.41 Å². The molecule has 0 aromatic heterocycles. The molecule has 0 spiro atoms. The Morgan fingerprint density at radius 2 is 1.00 bits per heavy atom. The third-order valence-electron chi connectivity index (χ3n) is 0. The van der Waals surface area contributed by atoms with Gasteiger partial charge in [0.25, 0.3) is 0 Å². The Morgan fingerprint density at radius 1 is 1.00 bits per heavy atom. The molecule has 6 radical (unpaired) electrons. The van der Waals surface area contributed by atoms with Crippen LogP contribution in [0.25, 0.3) is 0 Å². The normalized spacial score (nSPS) is 0. The Bertz CT molecular complexity index is 15.5. The minimum absolute atomic E-state index is 0. The molecule has 6 heteroatoms. The van der Waals surface area contributed by atoms with Crippen LogP contribution in [0.3, 0.4) is 0 Å². The largest absolute Gasteiger partial charge is 0 e. The Kier molecular flexibility index (Phi) is 419. The summed E-state index contributed by atoms with van der Waals surface area (Å²) in [5.41, 5.74) is 0. The third kappa shape index (κ3) is 27.1. The zero-order chi connectivity index (χ0) is 0. The summed E-state index contributed by atoms with van der Waals surface area (Å²) in [6.45, 7) is 0. The molecule has 0 nitrogen and oxygen atoms in total. The van der Waals surface area contributed by atoms with Gasteiger partial charge < -0.3 is 0 Å². The summed E-state index contributed by atoms with van der Waals surface area (Å²) < 4.78 is 0. The van der Waals surface area contributed by atoms with Gasteiger partial charge in [0.15, 0.2) is 0 Å². The molecule has 0 atom stereocenters. The maximum Gasteiger partial charge on any atom is 0 e. The van der Waals surface area contributed by atoms with E-state index in [9.17, 15) is 0 Å². The average Bonchev–Trinajstić information content (AvgIpc) is 0. The van der Waals surface area contributed by atoms with Crippen LogP contribution < -0.4 is 0 Å². The molecule has 0 aliphatic heterocycles. The van der Waals surface area contributed by atoms with E-state index in [1.165, 1.54) is 0 Å². The molecule has 0 aliphatic rings. The van der Waals surface area contributed by atoms with Gasteiger partial charge in [-0.15, -0.1) is 0 Å². The van der Waals surface area contributed by atoms with Crippen LogP contribution in [0.1, 0.15) is 0 Å². The predicted octanol–water partition coefficient (Wildman–Crippen LogP) is -0.393. The summed E-state index contributed by atoms with van der Waals surface area (Å²) in [5, 5.41) is 0. The first kappa shape index (κ1) is 60.5. The van der Waals surface area contributed by atoms with Gasteiger partial charge in [0.05, 0.1) is 0 Å². The zero-order valence-electron chi connectivity index (χ0n) is 2.46. The van der Waals surface area contributed by atoms with Crippen LogP contribution in [0.4, 0.5) is 0 Å². The molecule has 0 saturated carbocycles. The van der Waals surface area contributed by atoms with Gasteiger partial charge in [-0.3, -0.25) is 0 Å². The van der Waals surface area contributed by atoms with Crippen LogP contribution in [-0.2, 0) is 98.0 Å². The second-order valence-corrected chi connectivity index (χ2v) is 0. The molecule has 0 N–H and O–H groups in total. The molecule has 0 saturated heterocycles. The second kappa shape index (κ2) is 41.6. The third-order valence-corrected chi connectivity index (χ3v) is 0. The Morgan fingerprint density at radius 3 is 1.00 bits per heavy atom. The van der Waals surface area contributed by atoms with Gasteiger partial charge >= 0.3 is 0 Å². The van der Waals surface area contributed by atoms with Crippen LogP contribution >= 0.6 is 0 Å². The molecule has 0 bridgehead atoms. The van der Waals surface area contributed by atoms with Crippen molar-refractivity contribution in [2.24, 2.45) is 0 Å². The molecular formula is BCoCrPtReTa. The Labute approximate surface area is 105 Å². The average molecular weight is 684 g/mol. The molecule has 6 heavy (non-hydrogen) atoms. The van der Waals surface area contributed by atoms with E-state index in [0.29, 0.717) is 0 Å². The van der Waals surface area contributed by atoms with E-state index in [2.05, 4.69) is 0 Å². The molecule has 0 heterocycles. The minimum atomic E-state index is 0. The minimum Gasteiger partial charge on any atom is 0 e. The smallest absolute Gasteiger partial charge is 0 e. The number of rotatable bonds is 0.